The number of hydrogen-bond donors (Lipinski definition) is 1. The third-order valence-corrected chi connectivity index (χ3v) is 6.33. The Balaban J connectivity index is 1.34. The van der Waals surface area contributed by atoms with Crippen LogP contribution in [0.2, 0.25) is 0 Å². The molecule has 1 amide bonds. The van der Waals surface area contributed by atoms with Crippen molar-refractivity contribution in [3.05, 3.63) is 64.2 Å². The fraction of sp³-hybridized carbons (Fsp3) is 0.519. The molecule has 1 heterocycles. The summed E-state index contributed by atoms with van der Waals surface area (Å²) in [5.41, 5.74) is 6.84. The highest BCUT2D eigenvalue weighted by Gasteiger charge is 2.29. The second-order valence-corrected chi connectivity index (χ2v) is 9.51. The molecule has 31 heavy (non-hydrogen) atoms. The number of carbonyl (C=O) groups is 1. The first-order chi connectivity index (χ1) is 15.0. The van der Waals surface area contributed by atoms with E-state index in [9.17, 15) is 4.79 Å². The van der Waals surface area contributed by atoms with Gasteiger partial charge in [-0.25, -0.2) is 0 Å². The third kappa shape index (κ3) is 5.68. The second kappa shape index (κ2) is 9.86. The maximum Gasteiger partial charge on any atom is 0.223 e. The summed E-state index contributed by atoms with van der Waals surface area (Å²) in [4.78, 5) is 14.3. The first-order valence-electron chi connectivity index (χ1n) is 11.9. The molecule has 4 heteroatoms. The van der Waals surface area contributed by atoms with Gasteiger partial charge >= 0.3 is 0 Å². The maximum absolute atomic E-state index is 11.8. The van der Waals surface area contributed by atoms with Gasteiger partial charge in [0.05, 0.1) is 6.61 Å². The van der Waals surface area contributed by atoms with Gasteiger partial charge in [-0.1, -0.05) is 51.1 Å². The fourth-order valence-corrected chi connectivity index (χ4v) is 4.38. The Kier molecular flexibility index (Phi) is 6.96. The molecule has 0 spiro atoms. The molecule has 1 N–H and O–H groups in total. The van der Waals surface area contributed by atoms with Crippen LogP contribution in [0.4, 0.5) is 0 Å². The molecular formula is C27H36N2O2. The highest BCUT2D eigenvalue weighted by molar-refractivity contribution is 5.80. The third-order valence-electron chi connectivity index (χ3n) is 6.33. The van der Waals surface area contributed by atoms with E-state index < -0.39 is 0 Å². The predicted octanol–water partition coefficient (Wildman–Crippen LogP) is 4.87. The standard InChI is InChI=1S/C27H36N2O2/c1-4-24-25-13-14-29(17-23(25)11-12-26(24)31-18-19(2)3)16-21-7-5-20(6-8-21)15-28-27(30)22-9-10-22/h5-8,11-12,19,22H,4,9-10,13-18H2,1-3H3,(H,28,30). The van der Waals surface area contributed by atoms with Gasteiger partial charge in [0, 0.05) is 32.1 Å². The van der Waals surface area contributed by atoms with Crippen molar-refractivity contribution < 1.29 is 9.53 Å². The Bertz CT molecular complexity index is 900. The molecular weight excluding hydrogens is 384 g/mol. The maximum atomic E-state index is 11.8. The van der Waals surface area contributed by atoms with Crippen LogP contribution in [-0.4, -0.2) is 24.0 Å². The summed E-state index contributed by atoms with van der Waals surface area (Å²) >= 11 is 0. The lowest BCUT2D eigenvalue weighted by Crippen LogP contribution is -2.31. The highest BCUT2D eigenvalue weighted by Crippen LogP contribution is 2.31. The van der Waals surface area contributed by atoms with E-state index in [1.54, 1.807) is 0 Å². The predicted molar refractivity (Wildman–Crippen MR) is 125 cm³/mol. The molecule has 1 saturated carbocycles. The first-order valence-corrected chi connectivity index (χ1v) is 11.9. The van der Waals surface area contributed by atoms with Gasteiger partial charge < -0.3 is 10.1 Å². The summed E-state index contributed by atoms with van der Waals surface area (Å²) < 4.78 is 6.10. The van der Waals surface area contributed by atoms with Crippen molar-refractivity contribution in [2.24, 2.45) is 11.8 Å². The number of hydrogen-bond acceptors (Lipinski definition) is 3. The van der Waals surface area contributed by atoms with E-state index in [1.165, 1.54) is 27.8 Å². The van der Waals surface area contributed by atoms with Crippen LogP contribution in [0.25, 0.3) is 0 Å². The van der Waals surface area contributed by atoms with Gasteiger partial charge in [-0.2, -0.15) is 0 Å². The molecule has 0 aromatic heterocycles. The molecule has 0 bridgehead atoms. The average molecular weight is 421 g/mol. The van der Waals surface area contributed by atoms with Gasteiger partial charge in [0.2, 0.25) is 5.91 Å². The van der Waals surface area contributed by atoms with Crippen LogP contribution < -0.4 is 10.1 Å². The summed E-state index contributed by atoms with van der Waals surface area (Å²) in [7, 11) is 0. The van der Waals surface area contributed by atoms with Crippen molar-refractivity contribution in [2.75, 3.05) is 13.2 Å². The number of nitrogens with zero attached hydrogens (tertiary/aromatic N) is 1. The lowest BCUT2D eigenvalue weighted by molar-refractivity contribution is -0.122. The smallest absolute Gasteiger partial charge is 0.223 e. The van der Waals surface area contributed by atoms with E-state index >= 15 is 0 Å². The number of fused-ring (bicyclic) bond motifs is 1. The molecule has 2 aromatic rings. The van der Waals surface area contributed by atoms with Crippen molar-refractivity contribution in [1.29, 1.82) is 0 Å². The molecule has 0 radical (unpaired) electrons. The summed E-state index contributed by atoms with van der Waals surface area (Å²) in [6.07, 6.45) is 4.21. The lowest BCUT2D eigenvalue weighted by atomic mass is 9.92. The van der Waals surface area contributed by atoms with Gasteiger partial charge in [-0.3, -0.25) is 9.69 Å². The minimum atomic E-state index is 0.209. The number of rotatable bonds is 9. The number of carbonyl (C=O) groups excluding carboxylic acids is 1. The number of ether oxygens (including phenoxy) is 1. The van der Waals surface area contributed by atoms with Gasteiger partial charge in [0.1, 0.15) is 5.75 Å². The molecule has 166 valence electrons. The van der Waals surface area contributed by atoms with Crippen LogP contribution in [0.1, 0.15) is 61.4 Å². The van der Waals surface area contributed by atoms with Crippen molar-refractivity contribution in [1.82, 2.24) is 10.2 Å². The second-order valence-electron chi connectivity index (χ2n) is 9.51. The Labute approximate surface area is 187 Å². The van der Waals surface area contributed by atoms with Crippen molar-refractivity contribution in [3.63, 3.8) is 0 Å². The molecule has 4 rings (SSSR count). The number of benzene rings is 2. The monoisotopic (exact) mass is 420 g/mol. The molecule has 1 aliphatic carbocycles. The zero-order valence-corrected chi connectivity index (χ0v) is 19.2. The Morgan fingerprint density at radius 3 is 2.55 bits per heavy atom. The highest BCUT2D eigenvalue weighted by atomic mass is 16.5. The van der Waals surface area contributed by atoms with E-state index in [-0.39, 0.29) is 11.8 Å². The zero-order chi connectivity index (χ0) is 21.8. The molecule has 1 aliphatic heterocycles. The fourth-order valence-electron chi connectivity index (χ4n) is 4.38. The topological polar surface area (TPSA) is 41.6 Å². The summed E-state index contributed by atoms with van der Waals surface area (Å²) in [6.45, 7) is 11.1. The van der Waals surface area contributed by atoms with Gasteiger partial charge in [-0.15, -0.1) is 0 Å². The zero-order valence-electron chi connectivity index (χ0n) is 19.2. The van der Waals surface area contributed by atoms with Crippen molar-refractivity contribution in [3.8, 4) is 5.75 Å². The first kappa shape index (κ1) is 21.9. The summed E-state index contributed by atoms with van der Waals surface area (Å²) in [5, 5.41) is 3.04. The van der Waals surface area contributed by atoms with Gasteiger partial charge in [0.25, 0.3) is 0 Å². The minimum Gasteiger partial charge on any atom is -0.493 e. The normalized spacial score (nSPS) is 16.3. The molecule has 0 unspecified atom stereocenters. The molecule has 0 saturated heterocycles. The largest absolute Gasteiger partial charge is 0.493 e. The Morgan fingerprint density at radius 1 is 1.13 bits per heavy atom. The quantitative estimate of drug-likeness (QED) is 0.629. The molecule has 2 aliphatic rings. The number of nitrogens with one attached hydrogen (secondary N) is 1. The average Bonchev–Trinajstić information content (AvgIpc) is 3.62. The molecule has 0 atom stereocenters. The van der Waals surface area contributed by atoms with Crippen LogP contribution in [-0.2, 0) is 37.3 Å². The van der Waals surface area contributed by atoms with E-state index in [1.807, 2.05) is 0 Å². The van der Waals surface area contributed by atoms with Crippen molar-refractivity contribution in [2.45, 2.75) is 66.1 Å². The van der Waals surface area contributed by atoms with E-state index in [2.05, 4.69) is 67.4 Å². The Morgan fingerprint density at radius 2 is 1.87 bits per heavy atom. The van der Waals surface area contributed by atoms with Crippen LogP contribution in [0.5, 0.6) is 5.75 Å². The minimum absolute atomic E-state index is 0.209. The van der Waals surface area contributed by atoms with Crippen LogP contribution in [0.3, 0.4) is 0 Å². The van der Waals surface area contributed by atoms with Gasteiger partial charge in [-0.05, 0) is 65.5 Å². The lowest BCUT2D eigenvalue weighted by Gasteiger charge is -2.31. The Hall–Kier alpha value is -2.33. The van der Waals surface area contributed by atoms with Gasteiger partial charge in [0.15, 0.2) is 0 Å². The van der Waals surface area contributed by atoms with E-state index in [0.29, 0.717) is 12.5 Å². The molecule has 1 fully saturated rings. The summed E-state index contributed by atoms with van der Waals surface area (Å²) in [6, 6.07) is 13.1. The SMILES string of the molecule is CCc1c(OCC(C)C)ccc2c1CCN(Cc1ccc(CNC(=O)C3CC3)cc1)C2. The van der Waals surface area contributed by atoms with Crippen molar-refractivity contribution >= 4 is 5.91 Å². The molecule has 4 nitrogen and oxygen atoms in total. The summed E-state index contributed by atoms with van der Waals surface area (Å²) in [5.74, 6) is 2.09. The number of amides is 1. The van der Waals surface area contributed by atoms with Crippen LogP contribution >= 0.6 is 0 Å². The van der Waals surface area contributed by atoms with E-state index in [0.717, 1.165) is 57.7 Å². The van der Waals surface area contributed by atoms with Crippen LogP contribution in [0, 0.1) is 11.8 Å². The van der Waals surface area contributed by atoms with Crippen LogP contribution in [0.15, 0.2) is 36.4 Å². The molecule has 2 aromatic carbocycles. The van der Waals surface area contributed by atoms with E-state index in [4.69, 9.17) is 4.74 Å².